The minimum Gasteiger partial charge on any atom is -0.469 e. The molecule has 0 aliphatic rings. The number of ether oxygens (including phenoxy) is 1. The lowest BCUT2D eigenvalue weighted by molar-refractivity contribution is -0.143. The molecule has 0 N–H and O–H groups in total. The third kappa shape index (κ3) is 5.14. The molecule has 0 saturated heterocycles. The molecule has 0 fully saturated rings. The predicted molar refractivity (Wildman–Crippen MR) is 91.1 cm³/mol. The minimum absolute atomic E-state index is 0.0584. The summed E-state index contributed by atoms with van der Waals surface area (Å²) in [5, 5.41) is 0.0584. The van der Waals surface area contributed by atoms with Crippen molar-refractivity contribution in [3.63, 3.8) is 0 Å². The van der Waals surface area contributed by atoms with Gasteiger partial charge in [0.05, 0.1) is 25.4 Å². The third-order valence-corrected chi connectivity index (χ3v) is 8.75. The Hall–Kier alpha value is -1.33. The van der Waals surface area contributed by atoms with Crippen LogP contribution in [0, 0.1) is 0 Å². The highest BCUT2D eigenvalue weighted by Crippen LogP contribution is 2.40. The van der Waals surface area contributed by atoms with Crippen molar-refractivity contribution in [2.45, 2.75) is 57.8 Å². The molecule has 0 unspecified atom stereocenters. The van der Waals surface area contributed by atoms with Crippen molar-refractivity contribution >= 4 is 20.4 Å². The molecule has 22 heavy (non-hydrogen) atoms. The smallest absolute Gasteiger partial charge is 0.308 e. The maximum Gasteiger partial charge on any atom is 0.308 e. The number of carbonyl (C=O) groups is 1. The lowest BCUT2D eigenvalue weighted by Crippen LogP contribution is -2.48. The number of rotatable bonds is 6. The molecule has 4 nitrogen and oxygen atoms in total. The number of furan rings is 1. The van der Waals surface area contributed by atoms with Gasteiger partial charge in [-0.1, -0.05) is 20.8 Å². The quantitative estimate of drug-likeness (QED) is 0.565. The zero-order chi connectivity index (χ0) is 17.0. The largest absolute Gasteiger partial charge is 0.469 e. The van der Waals surface area contributed by atoms with E-state index in [9.17, 15) is 4.79 Å². The van der Waals surface area contributed by atoms with Gasteiger partial charge in [0, 0.05) is 0 Å². The lowest BCUT2D eigenvalue weighted by Gasteiger charge is -2.42. The van der Waals surface area contributed by atoms with Crippen molar-refractivity contribution in [1.82, 2.24) is 0 Å². The Morgan fingerprint density at radius 3 is 2.41 bits per heavy atom. The fourth-order valence-corrected chi connectivity index (χ4v) is 3.48. The van der Waals surface area contributed by atoms with E-state index in [0.717, 1.165) is 5.76 Å². The van der Waals surface area contributed by atoms with Crippen molar-refractivity contribution in [3.05, 3.63) is 30.2 Å². The van der Waals surface area contributed by atoms with E-state index in [1.807, 2.05) is 31.2 Å². The van der Waals surface area contributed by atoms with Crippen LogP contribution in [-0.2, 0) is 14.0 Å². The van der Waals surface area contributed by atoms with Gasteiger partial charge in [0.25, 0.3) is 0 Å². The topological polar surface area (TPSA) is 48.7 Å². The number of hydrogen-bond acceptors (Lipinski definition) is 4. The number of carbonyl (C=O) groups excluding carboxylic acids is 1. The molecule has 0 amide bonds. The van der Waals surface area contributed by atoms with Crippen LogP contribution >= 0.6 is 0 Å². The zero-order valence-electron chi connectivity index (χ0n) is 14.7. The normalized spacial score (nSPS) is 15.8. The highest BCUT2D eigenvalue weighted by molar-refractivity contribution is 6.74. The van der Waals surface area contributed by atoms with E-state index in [0.29, 0.717) is 0 Å². The Balaban J connectivity index is 3.03. The fourth-order valence-electron chi connectivity index (χ4n) is 1.87. The SMILES string of the molecule is COC(=O)C[C@@](C)(/C=C/c1ccco1)O[Si](C)(C)C(C)(C)C. The first-order valence-electron chi connectivity index (χ1n) is 7.49. The first-order chi connectivity index (χ1) is 9.99. The second kappa shape index (κ2) is 6.83. The van der Waals surface area contributed by atoms with E-state index in [4.69, 9.17) is 13.6 Å². The van der Waals surface area contributed by atoms with Crippen molar-refractivity contribution in [1.29, 1.82) is 0 Å². The van der Waals surface area contributed by atoms with Gasteiger partial charge >= 0.3 is 5.97 Å². The van der Waals surface area contributed by atoms with E-state index in [2.05, 4.69) is 33.9 Å². The molecular formula is C17H28O4Si. The first-order valence-corrected chi connectivity index (χ1v) is 10.4. The summed E-state index contributed by atoms with van der Waals surface area (Å²) in [5.74, 6) is 0.445. The Morgan fingerprint density at radius 1 is 1.32 bits per heavy atom. The van der Waals surface area contributed by atoms with E-state index in [-0.39, 0.29) is 17.4 Å². The molecule has 0 aliphatic heterocycles. The van der Waals surface area contributed by atoms with Gasteiger partial charge in [-0.25, -0.2) is 0 Å². The maximum absolute atomic E-state index is 11.8. The molecule has 1 rings (SSSR count). The van der Waals surface area contributed by atoms with Crippen LogP contribution in [0.5, 0.6) is 0 Å². The van der Waals surface area contributed by atoms with E-state index >= 15 is 0 Å². The van der Waals surface area contributed by atoms with Crippen molar-refractivity contribution in [2.75, 3.05) is 7.11 Å². The average molecular weight is 324 g/mol. The molecule has 0 aromatic carbocycles. The molecule has 1 aromatic rings. The number of esters is 1. The molecular weight excluding hydrogens is 296 g/mol. The Bertz CT molecular complexity index is 511. The van der Waals surface area contributed by atoms with Crippen LogP contribution < -0.4 is 0 Å². The van der Waals surface area contributed by atoms with Gasteiger partial charge < -0.3 is 13.6 Å². The second-order valence-corrected chi connectivity index (χ2v) is 12.0. The maximum atomic E-state index is 11.8. The summed E-state index contributed by atoms with van der Waals surface area (Å²) in [4.78, 5) is 11.8. The van der Waals surface area contributed by atoms with Crippen molar-refractivity contribution < 1.29 is 18.4 Å². The van der Waals surface area contributed by atoms with Crippen LogP contribution in [0.25, 0.3) is 6.08 Å². The van der Waals surface area contributed by atoms with Crippen molar-refractivity contribution in [2.24, 2.45) is 0 Å². The molecule has 0 saturated carbocycles. The van der Waals surface area contributed by atoms with Gasteiger partial charge in [-0.2, -0.15) is 0 Å². The van der Waals surface area contributed by atoms with Crippen LogP contribution in [0.4, 0.5) is 0 Å². The van der Waals surface area contributed by atoms with E-state index in [1.165, 1.54) is 7.11 Å². The summed E-state index contributed by atoms with van der Waals surface area (Å²) in [7, 11) is -0.637. The van der Waals surface area contributed by atoms with Gasteiger partial charge in [-0.3, -0.25) is 4.79 Å². The van der Waals surface area contributed by atoms with E-state index < -0.39 is 13.9 Å². The Kier molecular flexibility index (Phi) is 5.81. The van der Waals surface area contributed by atoms with Crippen LogP contribution in [0.3, 0.4) is 0 Å². The standard InChI is InChI=1S/C17H28O4Si/c1-16(2,3)22(6,7)21-17(4,13-15(18)19-5)11-10-14-9-8-12-20-14/h8-12H,13H2,1-7H3/b11-10+/t17-/m1/s1. The summed E-state index contributed by atoms with van der Waals surface area (Å²) >= 11 is 0. The molecule has 5 heteroatoms. The summed E-state index contributed by atoms with van der Waals surface area (Å²) < 4.78 is 16.6. The average Bonchev–Trinajstić information content (AvgIpc) is 2.87. The van der Waals surface area contributed by atoms with Crippen LogP contribution in [0.2, 0.25) is 18.1 Å². The van der Waals surface area contributed by atoms with Gasteiger partial charge in [0.1, 0.15) is 5.76 Å². The molecule has 1 aromatic heterocycles. The molecule has 1 heterocycles. The highest BCUT2D eigenvalue weighted by Gasteiger charge is 2.43. The van der Waals surface area contributed by atoms with Crippen LogP contribution in [-0.4, -0.2) is 27.0 Å². The monoisotopic (exact) mass is 324 g/mol. The zero-order valence-corrected chi connectivity index (χ0v) is 15.7. The fraction of sp³-hybridized carbons (Fsp3) is 0.588. The van der Waals surface area contributed by atoms with Crippen molar-refractivity contribution in [3.8, 4) is 0 Å². The lowest BCUT2D eigenvalue weighted by atomic mass is 10.0. The molecule has 0 bridgehead atoms. The molecule has 0 spiro atoms. The van der Waals surface area contributed by atoms with E-state index in [1.54, 1.807) is 6.26 Å². The predicted octanol–water partition coefficient (Wildman–Crippen LogP) is 4.64. The molecule has 124 valence electrons. The number of hydrogen-bond donors (Lipinski definition) is 0. The highest BCUT2D eigenvalue weighted by atomic mass is 28.4. The third-order valence-electron chi connectivity index (χ3n) is 4.16. The molecule has 0 radical (unpaired) electrons. The summed E-state index contributed by atoms with van der Waals surface area (Å²) in [6.45, 7) is 12.8. The summed E-state index contributed by atoms with van der Waals surface area (Å²) in [5.41, 5.74) is -0.719. The molecule has 0 aliphatic carbocycles. The Morgan fingerprint density at radius 2 is 1.95 bits per heavy atom. The van der Waals surface area contributed by atoms with Gasteiger partial charge in [0.2, 0.25) is 0 Å². The van der Waals surface area contributed by atoms with Gasteiger partial charge in [-0.05, 0) is 49.3 Å². The van der Waals surface area contributed by atoms with Gasteiger partial charge in [-0.15, -0.1) is 0 Å². The second-order valence-electron chi connectivity index (χ2n) is 7.28. The number of methoxy groups -OCH3 is 1. The summed E-state index contributed by atoms with van der Waals surface area (Å²) in [6, 6.07) is 3.69. The Labute approximate surface area is 134 Å². The van der Waals surface area contributed by atoms with Gasteiger partial charge in [0.15, 0.2) is 8.32 Å². The van der Waals surface area contributed by atoms with Crippen LogP contribution in [0.15, 0.2) is 28.9 Å². The first kappa shape index (κ1) is 18.7. The molecule has 1 atom stereocenters. The minimum atomic E-state index is -2.03. The van der Waals surface area contributed by atoms with Crippen LogP contribution in [0.1, 0.15) is 39.9 Å². The summed E-state index contributed by atoms with van der Waals surface area (Å²) in [6.07, 6.45) is 5.53.